The average Bonchev–Trinajstić information content (AvgIpc) is 3.30. The lowest BCUT2D eigenvalue weighted by Crippen LogP contribution is -2.20. The maximum Gasteiger partial charge on any atom is 0.0923 e. The van der Waals surface area contributed by atoms with E-state index in [0.717, 1.165) is 38.0 Å². The van der Waals surface area contributed by atoms with Crippen LogP contribution in [0.25, 0.3) is 16.6 Å². The number of nitrogens with one attached hydrogen (secondary N) is 3. The number of allylic oxidation sites excluding steroid dienone is 5. The molecule has 1 heterocycles. The van der Waals surface area contributed by atoms with Crippen LogP contribution in [0.15, 0.2) is 78.4 Å². The molecular formula is C30H38N4. The summed E-state index contributed by atoms with van der Waals surface area (Å²) in [5, 5.41) is 16.2. The van der Waals surface area contributed by atoms with Gasteiger partial charge in [-0.15, -0.1) is 0 Å². The number of unbranched alkanes of at least 4 members (excludes halogenated alkanes) is 1. The second-order valence-corrected chi connectivity index (χ2v) is 8.97. The van der Waals surface area contributed by atoms with Crippen LogP contribution in [0.4, 0.5) is 0 Å². The highest BCUT2D eigenvalue weighted by atomic mass is 15.1. The van der Waals surface area contributed by atoms with E-state index in [0.29, 0.717) is 0 Å². The summed E-state index contributed by atoms with van der Waals surface area (Å²) >= 11 is 0. The van der Waals surface area contributed by atoms with Crippen molar-refractivity contribution < 1.29 is 0 Å². The first-order chi connectivity index (χ1) is 16.8. The molecule has 0 bridgehead atoms. The molecule has 4 heteroatoms. The van der Waals surface area contributed by atoms with Crippen LogP contribution in [-0.2, 0) is 13.0 Å². The molecule has 0 spiro atoms. The summed E-state index contributed by atoms with van der Waals surface area (Å²) in [5.74, 6) is 0. The standard InChI is InChI=1S/C30H38N4/c1-2-12-28(32-21-11-10-15-24-13-4-3-5-14-24)26-17-7-6-16-25(26)23-31-22-20-30-27-18-8-9-19-29(27)33-34-30/h4,6-9,12-14,16-19,31-32H,2-3,5,10-11,15,20-23H2,1H3,(H,33,34)/b28-12+. The molecule has 0 unspecified atom stereocenters. The molecule has 1 aliphatic carbocycles. The van der Waals surface area contributed by atoms with Crippen LogP contribution in [0, 0.1) is 0 Å². The zero-order valence-electron chi connectivity index (χ0n) is 20.4. The van der Waals surface area contributed by atoms with E-state index in [1.807, 2.05) is 6.07 Å². The Labute approximate surface area is 204 Å². The third-order valence-electron chi connectivity index (χ3n) is 6.40. The predicted octanol–water partition coefficient (Wildman–Crippen LogP) is 6.68. The van der Waals surface area contributed by atoms with Crippen molar-refractivity contribution in [1.29, 1.82) is 0 Å². The average molecular weight is 455 g/mol. The number of aromatic nitrogens is 2. The SMILES string of the molecule is CC/C=C(/NCCCCC1=CCCC=C1)c1ccccc1CNCCc1[nH]nc2ccccc12. The highest BCUT2D eigenvalue weighted by Gasteiger charge is 2.08. The van der Waals surface area contributed by atoms with Crippen LogP contribution in [0.5, 0.6) is 0 Å². The van der Waals surface area contributed by atoms with Gasteiger partial charge in [0.25, 0.3) is 0 Å². The molecule has 2 aromatic carbocycles. The summed E-state index contributed by atoms with van der Waals surface area (Å²) in [4.78, 5) is 0. The minimum Gasteiger partial charge on any atom is -0.385 e. The summed E-state index contributed by atoms with van der Waals surface area (Å²) < 4.78 is 0. The monoisotopic (exact) mass is 454 g/mol. The zero-order chi connectivity index (χ0) is 23.4. The van der Waals surface area contributed by atoms with Gasteiger partial charge in [-0.2, -0.15) is 5.10 Å². The van der Waals surface area contributed by atoms with Gasteiger partial charge in [0.1, 0.15) is 0 Å². The summed E-state index contributed by atoms with van der Waals surface area (Å²) in [6.45, 7) is 4.98. The van der Waals surface area contributed by atoms with Gasteiger partial charge in [-0.3, -0.25) is 5.10 Å². The fourth-order valence-corrected chi connectivity index (χ4v) is 4.59. The minimum absolute atomic E-state index is 0.853. The number of hydrogen-bond acceptors (Lipinski definition) is 3. The van der Waals surface area contributed by atoms with E-state index in [4.69, 9.17) is 0 Å². The number of aromatic amines is 1. The lowest BCUT2D eigenvalue weighted by atomic mass is 10.0. The molecule has 0 aliphatic heterocycles. The molecule has 3 aromatic rings. The van der Waals surface area contributed by atoms with Crippen molar-refractivity contribution in [2.24, 2.45) is 0 Å². The third kappa shape index (κ3) is 6.71. The summed E-state index contributed by atoms with van der Waals surface area (Å²) in [6.07, 6.45) is 17.3. The van der Waals surface area contributed by atoms with Gasteiger partial charge in [0.2, 0.25) is 0 Å². The van der Waals surface area contributed by atoms with Gasteiger partial charge in [-0.1, -0.05) is 79.3 Å². The van der Waals surface area contributed by atoms with Gasteiger partial charge < -0.3 is 10.6 Å². The Bertz CT molecular complexity index is 1140. The van der Waals surface area contributed by atoms with Crippen molar-refractivity contribution >= 4 is 16.6 Å². The molecule has 4 nitrogen and oxygen atoms in total. The maximum absolute atomic E-state index is 4.41. The summed E-state index contributed by atoms with van der Waals surface area (Å²) in [5.41, 5.74) is 7.65. The van der Waals surface area contributed by atoms with Crippen LogP contribution in [0.3, 0.4) is 0 Å². The topological polar surface area (TPSA) is 52.7 Å². The molecule has 0 radical (unpaired) electrons. The van der Waals surface area contributed by atoms with Gasteiger partial charge >= 0.3 is 0 Å². The van der Waals surface area contributed by atoms with Crippen LogP contribution in [0.2, 0.25) is 0 Å². The van der Waals surface area contributed by atoms with E-state index in [2.05, 4.69) is 94.5 Å². The predicted molar refractivity (Wildman–Crippen MR) is 145 cm³/mol. The van der Waals surface area contributed by atoms with Crippen LogP contribution < -0.4 is 10.6 Å². The smallest absolute Gasteiger partial charge is 0.0923 e. The maximum atomic E-state index is 4.41. The number of hydrogen-bond donors (Lipinski definition) is 3. The molecule has 3 N–H and O–H groups in total. The molecule has 1 aromatic heterocycles. The van der Waals surface area contributed by atoms with E-state index < -0.39 is 0 Å². The van der Waals surface area contributed by atoms with Crippen LogP contribution in [0.1, 0.15) is 62.3 Å². The van der Waals surface area contributed by atoms with E-state index in [-0.39, 0.29) is 0 Å². The zero-order valence-corrected chi connectivity index (χ0v) is 20.4. The number of nitrogens with zero attached hydrogens (tertiary/aromatic N) is 1. The van der Waals surface area contributed by atoms with Gasteiger partial charge in [-0.05, 0) is 50.2 Å². The Morgan fingerprint density at radius 3 is 2.76 bits per heavy atom. The van der Waals surface area contributed by atoms with Gasteiger partial charge in [0.15, 0.2) is 0 Å². The summed E-state index contributed by atoms with van der Waals surface area (Å²) in [6, 6.07) is 17.1. The fraction of sp³-hybridized carbons (Fsp3) is 0.367. The molecule has 178 valence electrons. The van der Waals surface area contributed by atoms with Crippen LogP contribution >= 0.6 is 0 Å². The van der Waals surface area contributed by atoms with Crippen LogP contribution in [-0.4, -0.2) is 23.3 Å². The van der Waals surface area contributed by atoms with Gasteiger partial charge in [0, 0.05) is 48.4 Å². The van der Waals surface area contributed by atoms with Gasteiger partial charge in [0.05, 0.1) is 5.52 Å². The van der Waals surface area contributed by atoms with Gasteiger partial charge in [-0.25, -0.2) is 0 Å². The Morgan fingerprint density at radius 2 is 1.88 bits per heavy atom. The first-order valence-corrected chi connectivity index (χ1v) is 12.9. The molecule has 0 amide bonds. The Balaban J connectivity index is 1.27. The normalized spacial score (nSPS) is 13.9. The Morgan fingerprint density at radius 1 is 1.00 bits per heavy atom. The summed E-state index contributed by atoms with van der Waals surface area (Å²) in [7, 11) is 0. The molecule has 0 fully saturated rings. The lowest BCUT2D eigenvalue weighted by Gasteiger charge is -2.16. The van der Waals surface area contributed by atoms with Crippen molar-refractivity contribution in [3.63, 3.8) is 0 Å². The Kier molecular flexibility index (Phi) is 9.15. The second-order valence-electron chi connectivity index (χ2n) is 8.97. The first-order valence-electron chi connectivity index (χ1n) is 12.9. The molecule has 34 heavy (non-hydrogen) atoms. The lowest BCUT2D eigenvalue weighted by molar-refractivity contribution is 0.676. The second kappa shape index (κ2) is 13.0. The number of para-hydroxylation sites is 1. The molecule has 4 rings (SSSR count). The molecule has 0 saturated carbocycles. The van der Waals surface area contributed by atoms with Crippen molar-refractivity contribution in [3.05, 3.63) is 95.2 Å². The molecular weight excluding hydrogens is 416 g/mol. The number of rotatable bonds is 13. The van der Waals surface area contributed by atoms with Crippen molar-refractivity contribution in [2.75, 3.05) is 13.1 Å². The highest BCUT2D eigenvalue weighted by molar-refractivity contribution is 5.81. The molecule has 1 aliphatic rings. The van der Waals surface area contributed by atoms with E-state index in [1.165, 1.54) is 65.6 Å². The van der Waals surface area contributed by atoms with E-state index in [9.17, 15) is 0 Å². The van der Waals surface area contributed by atoms with E-state index in [1.54, 1.807) is 0 Å². The van der Waals surface area contributed by atoms with Crippen molar-refractivity contribution in [3.8, 4) is 0 Å². The van der Waals surface area contributed by atoms with Crippen molar-refractivity contribution in [2.45, 2.75) is 58.4 Å². The largest absolute Gasteiger partial charge is 0.385 e. The minimum atomic E-state index is 0.853. The van der Waals surface area contributed by atoms with E-state index >= 15 is 0 Å². The number of H-pyrrole nitrogens is 1. The number of fused-ring (bicyclic) bond motifs is 1. The highest BCUT2D eigenvalue weighted by Crippen LogP contribution is 2.20. The number of benzene rings is 2. The van der Waals surface area contributed by atoms with Crippen molar-refractivity contribution in [1.82, 2.24) is 20.8 Å². The third-order valence-corrected chi connectivity index (χ3v) is 6.40. The first kappa shape index (κ1) is 24.0. The molecule has 0 saturated heterocycles. The molecule has 0 atom stereocenters. The quantitative estimate of drug-likeness (QED) is 0.252. The fourth-order valence-electron chi connectivity index (χ4n) is 4.59. The Hall–Kier alpha value is -3.11.